The van der Waals surface area contributed by atoms with Crippen molar-refractivity contribution in [3.05, 3.63) is 105 Å². The predicted molar refractivity (Wildman–Crippen MR) is 154 cm³/mol. The maximum absolute atomic E-state index is 13.8. The molecule has 0 aliphatic carbocycles. The molecule has 6 nitrogen and oxygen atoms in total. The number of thiazole rings is 1. The van der Waals surface area contributed by atoms with Gasteiger partial charge in [-0.3, -0.25) is 9.20 Å². The van der Waals surface area contributed by atoms with E-state index in [1.54, 1.807) is 16.7 Å². The quantitative estimate of drug-likeness (QED) is 0.262. The van der Waals surface area contributed by atoms with Gasteiger partial charge in [-0.1, -0.05) is 48.5 Å². The lowest BCUT2D eigenvalue weighted by Crippen LogP contribution is -2.37. The number of para-hydroxylation sites is 1. The second-order valence-corrected chi connectivity index (χ2v) is 10.8. The van der Waals surface area contributed by atoms with Gasteiger partial charge in [0.25, 0.3) is 5.56 Å². The van der Waals surface area contributed by atoms with Gasteiger partial charge in [-0.25, -0.2) is 9.97 Å². The highest BCUT2D eigenvalue weighted by Gasteiger charge is 2.25. The average Bonchev–Trinajstić information content (AvgIpc) is 3.38. The number of hydrogen-bond donors (Lipinski definition) is 0. The van der Waals surface area contributed by atoms with Gasteiger partial charge in [0.05, 0.1) is 21.4 Å². The summed E-state index contributed by atoms with van der Waals surface area (Å²) >= 11 is 1.46. The topological polar surface area (TPSA) is 74.3 Å². The molecule has 1 saturated heterocycles. The Hall–Kier alpha value is -4.28. The van der Waals surface area contributed by atoms with E-state index >= 15 is 0 Å². The van der Waals surface area contributed by atoms with Crippen molar-refractivity contribution in [2.75, 3.05) is 18.0 Å². The zero-order valence-electron chi connectivity index (χ0n) is 21.2. The number of hydrogen-bond acceptors (Lipinski definition) is 6. The fourth-order valence-corrected chi connectivity index (χ4v) is 6.17. The van der Waals surface area contributed by atoms with Crippen molar-refractivity contribution >= 4 is 44.7 Å². The first-order valence-electron chi connectivity index (χ1n) is 12.9. The van der Waals surface area contributed by atoms with Crippen LogP contribution in [0, 0.1) is 24.2 Å². The molecular formula is C31H27N5OS. The summed E-state index contributed by atoms with van der Waals surface area (Å²) < 4.78 is 2.59. The lowest BCUT2D eigenvalue weighted by atomic mass is 9.90. The highest BCUT2D eigenvalue weighted by Crippen LogP contribution is 2.31. The third kappa shape index (κ3) is 4.59. The first kappa shape index (κ1) is 24.1. The molecule has 0 saturated carbocycles. The number of aromatic nitrogens is 3. The van der Waals surface area contributed by atoms with Crippen LogP contribution in [-0.2, 0) is 6.42 Å². The van der Waals surface area contributed by atoms with E-state index in [4.69, 9.17) is 4.98 Å². The molecule has 4 heterocycles. The molecule has 5 aromatic rings. The van der Waals surface area contributed by atoms with Gasteiger partial charge in [0.15, 0.2) is 0 Å². The third-order valence-corrected chi connectivity index (χ3v) is 8.35. The van der Waals surface area contributed by atoms with Gasteiger partial charge in [-0.2, -0.15) is 5.26 Å². The Kier molecular flexibility index (Phi) is 6.48. The molecule has 38 heavy (non-hydrogen) atoms. The summed E-state index contributed by atoms with van der Waals surface area (Å²) in [6.07, 6.45) is 6.54. The Labute approximate surface area is 225 Å². The molecule has 0 radical (unpaired) electrons. The van der Waals surface area contributed by atoms with Gasteiger partial charge in [0.1, 0.15) is 22.5 Å². The maximum Gasteiger partial charge on any atom is 0.267 e. The Morgan fingerprint density at radius 2 is 1.82 bits per heavy atom. The van der Waals surface area contributed by atoms with Crippen molar-refractivity contribution in [2.24, 2.45) is 5.92 Å². The van der Waals surface area contributed by atoms with E-state index in [-0.39, 0.29) is 5.56 Å². The van der Waals surface area contributed by atoms with Crippen LogP contribution < -0.4 is 10.5 Å². The van der Waals surface area contributed by atoms with Crippen molar-refractivity contribution in [1.82, 2.24) is 14.4 Å². The van der Waals surface area contributed by atoms with Crippen LogP contribution >= 0.6 is 11.3 Å². The van der Waals surface area contributed by atoms with Crippen molar-refractivity contribution in [3.63, 3.8) is 0 Å². The van der Waals surface area contributed by atoms with Crippen LogP contribution in [0.3, 0.4) is 0 Å². The molecule has 0 N–H and O–H groups in total. The minimum Gasteiger partial charge on any atom is -0.356 e. The van der Waals surface area contributed by atoms with E-state index in [1.807, 2.05) is 43.3 Å². The molecule has 7 heteroatoms. The number of pyridine rings is 1. The first-order chi connectivity index (χ1) is 18.6. The van der Waals surface area contributed by atoms with E-state index in [2.05, 4.69) is 46.3 Å². The predicted octanol–water partition coefficient (Wildman–Crippen LogP) is 6.14. The summed E-state index contributed by atoms with van der Waals surface area (Å²) in [5.74, 6) is 1.24. The molecule has 0 spiro atoms. The van der Waals surface area contributed by atoms with Crippen molar-refractivity contribution in [2.45, 2.75) is 26.2 Å². The van der Waals surface area contributed by atoms with Crippen molar-refractivity contribution in [3.8, 4) is 6.07 Å². The Balaban J connectivity index is 1.40. The zero-order chi connectivity index (χ0) is 26.1. The number of fused-ring (bicyclic) bond motifs is 2. The molecule has 188 valence electrons. The minimum absolute atomic E-state index is 0.172. The van der Waals surface area contributed by atoms with Crippen LogP contribution in [-0.4, -0.2) is 27.5 Å². The highest BCUT2D eigenvalue weighted by atomic mass is 32.1. The molecule has 1 aliphatic rings. The number of piperidine rings is 1. The van der Waals surface area contributed by atoms with Gasteiger partial charge in [-0.15, -0.1) is 11.3 Å². The molecule has 1 aliphatic heterocycles. The summed E-state index contributed by atoms with van der Waals surface area (Å²) in [6, 6.07) is 24.6. The lowest BCUT2D eigenvalue weighted by molar-refractivity contribution is 0.402. The minimum atomic E-state index is -0.172. The van der Waals surface area contributed by atoms with Gasteiger partial charge in [0.2, 0.25) is 0 Å². The molecule has 0 atom stereocenters. The van der Waals surface area contributed by atoms with E-state index < -0.39 is 0 Å². The number of anilines is 1. The van der Waals surface area contributed by atoms with Crippen molar-refractivity contribution < 1.29 is 0 Å². The van der Waals surface area contributed by atoms with Gasteiger partial charge in [-0.05, 0) is 67.5 Å². The molecule has 0 bridgehead atoms. The standard InChI is InChI=1S/C31H27N5OS/c1-21-8-7-15-36-28(21)34-29(35-16-13-23(14-17-35)18-22-9-3-2-4-10-22)25(31(36)37)19-24(20-32)30-33-26-11-5-6-12-27(26)38-30/h2-12,15,19,23H,13-14,16-18H2,1H3/b24-19+. The second-order valence-electron chi connectivity index (χ2n) is 9.82. The van der Waals surface area contributed by atoms with Gasteiger partial charge >= 0.3 is 0 Å². The fourth-order valence-electron chi connectivity index (χ4n) is 5.24. The summed E-state index contributed by atoms with van der Waals surface area (Å²) in [5.41, 5.74) is 4.43. The number of nitrogens with zero attached hydrogens (tertiary/aromatic N) is 5. The summed E-state index contributed by atoms with van der Waals surface area (Å²) in [5, 5.41) is 10.7. The van der Waals surface area contributed by atoms with Crippen molar-refractivity contribution in [1.29, 1.82) is 5.26 Å². The van der Waals surface area contributed by atoms with E-state index in [1.165, 1.54) is 16.9 Å². The van der Waals surface area contributed by atoms with Crippen LogP contribution in [0.15, 0.2) is 77.7 Å². The molecule has 3 aromatic heterocycles. The average molecular weight is 518 g/mol. The number of benzene rings is 2. The van der Waals surface area contributed by atoms with E-state index in [0.29, 0.717) is 33.5 Å². The fraction of sp³-hybridized carbons (Fsp3) is 0.226. The molecule has 0 unspecified atom stereocenters. The number of nitriles is 1. The molecule has 0 amide bonds. The van der Waals surface area contributed by atoms with Crippen LogP contribution in [0.25, 0.3) is 27.5 Å². The Morgan fingerprint density at radius 1 is 1.05 bits per heavy atom. The Morgan fingerprint density at radius 3 is 2.58 bits per heavy atom. The summed E-state index contributed by atoms with van der Waals surface area (Å²) in [4.78, 5) is 25.7. The second kappa shape index (κ2) is 10.2. The summed E-state index contributed by atoms with van der Waals surface area (Å²) in [7, 11) is 0. The molecule has 1 fully saturated rings. The molecular weight excluding hydrogens is 490 g/mol. The number of rotatable bonds is 5. The van der Waals surface area contributed by atoms with Crippen LogP contribution in [0.4, 0.5) is 5.82 Å². The largest absolute Gasteiger partial charge is 0.356 e. The van der Waals surface area contributed by atoms with Gasteiger partial charge < -0.3 is 4.90 Å². The number of allylic oxidation sites excluding steroid dienone is 1. The van der Waals surface area contributed by atoms with Crippen LogP contribution in [0.5, 0.6) is 0 Å². The maximum atomic E-state index is 13.8. The SMILES string of the molecule is Cc1cccn2c(=O)c(/C=C(\C#N)c3nc4ccccc4s3)c(N3CCC(Cc4ccccc4)CC3)nc12. The third-order valence-electron chi connectivity index (χ3n) is 7.28. The summed E-state index contributed by atoms with van der Waals surface area (Å²) in [6.45, 7) is 3.60. The van der Waals surface area contributed by atoms with E-state index in [0.717, 1.165) is 48.1 Å². The lowest BCUT2D eigenvalue weighted by Gasteiger charge is -2.33. The van der Waals surface area contributed by atoms with Crippen LogP contribution in [0.2, 0.25) is 0 Å². The van der Waals surface area contributed by atoms with Crippen LogP contribution in [0.1, 0.15) is 34.5 Å². The Bertz CT molecular complexity index is 1720. The highest BCUT2D eigenvalue weighted by molar-refractivity contribution is 7.19. The number of aryl methyl sites for hydroxylation is 1. The first-order valence-corrected chi connectivity index (χ1v) is 13.7. The smallest absolute Gasteiger partial charge is 0.267 e. The van der Waals surface area contributed by atoms with E-state index in [9.17, 15) is 10.1 Å². The van der Waals surface area contributed by atoms with Gasteiger partial charge in [0, 0.05) is 19.3 Å². The molecule has 6 rings (SSSR count). The zero-order valence-corrected chi connectivity index (χ0v) is 22.0. The molecule has 2 aromatic carbocycles. The monoisotopic (exact) mass is 517 g/mol. The normalized spacial score (nSPS) is 14.7.